The first-order valence-electron chi connectivity index (χ1n) is 6.56. The minimum atomic E-state index is -1.02. The van der Waals surface area contributed by atoms with Gasteiger partial charge in [0.05, 0.1) is 0 Å². The van der Waals surface area contributed by atoms with E-state index in [2.05, 4.69) is 0 Å². The van der Waals surface area contributed by atoms with E-state index in [4.69, 9.17) is 35.3 Å². The van der Waals surface area contributed by atoms with Crippen molar-refractivity contribution in [2.24, 2.45) is 0 Å². The molecule has 9 heteroatoms. The monoisotopic (exact) mass is 338 g/mol. The summed E-state index contributed by atoms with van der Waals surface area (Å²) in [5.41, 5.74) is 0. The van der Waals surface area contributed by atoms with Crippen molar-refractivity contribution in [1.29, 1.82) is 0 Å². The average molecular weight is 339 g/mol. The molecule has 0 radical (unpaired) electrons. The molecule has 1 saturated heterocycles. The second-order valence-corrected chi connectivity index (χ2v) is 5.18. The molecule has 1 rings (SSSR count). The number of halogens is 1. The van der Waals surface area contributed by atoms with Crippen LogP contribution in [0.15, 0.2) is 0 Å². The van der Waals surface area contributed by atoms with Crippen molar-refractivity contribution in [2.75, 3.05) is 13.7 Å². The van der Waals surface area contributed by atoms with Crippen LogP contribution < -0.4 is 0 Å². The fourth-order valence-electron chi connectivity index (χ4n) is 2.05. The largest absolute Gasteiger partial charge is 0.463 e. The predicted molar refractivity (Wildman–Crippen MR) is 73.1 cm³/mol. The zero-order valence-electron chi connectivity index (χ0n) is 12.7. The summed E-state index contributed by atoms with van der Waals surface area (Å²) in [6.07, 6.45) is -3.81. The van der Waals surface area contributed by atoms with Gasteiger partial charge in [0.2, 0.25) is 0 Å². The molecule has 0 spiro atoms. The van der Waals surface area contributed by atoms with Gasteiger partial charge in [0.15, 0.2) is 18.5 Å². The Labute approximate surface area is 132 Å². The SMILES string of the molecule is CO[C@H]1O[C@H](COC(C)=O)[C@@H](OC(C)=O)[C@H](OC(C)=O)[C@H]1Cl. The van der Waals surface area contributed by atoms with E-state index in [0.717, 1.165) is 0 Å². The van der Waals surface area contributed by atoms with Gasteiger partial charge in [-0.25, -0.2) is 0 Å². The number of carbonyl (C=O) groups is 3. The number of methoxy groups -OCH3 is 1. The molecule has 0 saturated carbocycles. The maximum atomic E-state index is 11.3. The van der Waals surface area contributed by atoms with Gasteiger partial charge >= 0.3 is 17.9 Å². The molecule has 8 nitrogen and oxygen atoms in total. The van der Waals surface area contributed by atoms with Crippen molar-refractivity contribution in [3.05, 3.63) is 0 Å². The van der Waals surface area contributed by atoms with Crippen LogP contribution in [0.5, 0.6) is 0 Å². The average Bonchev–Trinajstić information content (AvgIpc) is 2.41. The molecule has 0 aromatic heterocycles. The van der Waals surface area contributed by atoms with E-state index in [0.29, 0.717) is 0 Å². The first-order chi connectivity index (χ1) is 10.3. The summed E-state index contributed by atoms with van der Waals surface area (Å²) >= 11 is 6.17. The highest BCUT2D eigenvalue weighted by atomic mass is 35.5. The molecule has 1 aliphatic heterocycles. The lowest BCUT2D eigenvalue weighted by Gasteiger charge is -2.42. The molecule has 0 aromatic carbocycles. The van der Waals surface area contributed by atoms with Crippen LogP contribution in [0.2, 0.25) is 0 Å². The van der Waals surface area contributed by atoms with Crippen LogP contribution in [0.3, 0.4) is 0 Å². The third kappa shape index (κ3) is 5.11. The smallest absolute Gasteiger partial charge is 0.303 e. The number of alkyl halides is 1. The van der Waals surface area contributed by atoms with Crippen molar-refractivity contribution < 1.29 is 38.1 Å². The van der Waals surface area contributed by atoms with Crippen LogP contribution in [0, 0.1) is 0 Å². The molecule has 0 N–H and O–H groups in total. The summed E-state index contributed by atoms with van der Waals surface area (Å²) in [6, 6.07) is 0. The Bertz CT molecular complexity index is 426. The number of hydrogen-bond acceptors (Lipinski definition) is 8. The number of esters is 3. The Hall–Kier alpha value is -1.38. The molecule has 1 aliphatic rings. The van der Waals surface area contributed by atoms with Crippen LogP contribution in [-0.4, -0.2) is 61.6 Å². The molecular formula is C13H19ClO8. The van der Waals surface area contributed by atoms with Gasteiger partial charge in [0, 0.05) is 27.9 Å². The van der Waals surface area contributed by atoms with Gasteiger partial charge < -0.3 is 23.7 Å². The van der Waals surface area contributed by atoms with Crippen LogP contribution >= 0.6 is 11.6 Å². The van der Waals surface area contributed by atoms with E-state index in [-0.39, 0.29) is 6.61 Å². The second kappa shape index (κ2) is 8.30. The lowest BCUT2D eigenvalue weighted by atomic mass is 10.0. The second-order valence-electron chi connectivity index (χ2n) is 4.67. The molecule has 0 bridgehead atoms. The van der Waals surface area contributed by atoms with Crippen molar-refractivity contribution in [2.45, 2.75) is 50.8 Å². The van der Waals surface area contributed by atoms with Gasteiger partial charge in [-0.3, -0.25) is 14.4 Å². The minimum absolute atomic E-state index is 0.200. The molecule has 22 heavy (non-hydrogen) atoms. The summed E-state index contributed by atoms with van der Waals surface area (Å²) in [5.74, 6) is -1.75. The van der Waals surface area contributed by atoms with Crippen molar-refractivity contribution in [1.82, 2.24) is 0 Å². The quantitative estimate of drug-likeness (QED) is 0.403. The van der Waals surface area contributed by atoms with Crippen LogP contribution in [0.25, 0.3) is 0 Å². The van der Waals surface area contributed by atoms with Gasteiger partial charge in [-0.1, -0.05) is 0 Å². The Morgan fingerprint density at radius 1 is 1.00 bits per heavy atom. The van der Waals surface area contributed by atoms with Crippen molar-refractivity contribution >= 4 is 29.5 Å². The predicted octanol–water partition coefficient (Wildman–Crippen LogP) is 0.392. The van der Waals surface area contributed by atoms with E-state index < -0.39 is 47.9 Å². The van der Waals surface area contributed by atoms with Gasteiger partial charge in [-0.15, -0.1) is 11.6 Å². The third-order valence-electron chi connectivity index (χ3n) is 2.86. The van der Waals surface area contributed by atoms with E-state index in [1.165, 1.54) is 27.9 Å². The standard InChI is InChI=1S/C13H19ClO8/c1-6(15)19-5-9-11(20-7(2)16)12(21-8(3)17)10(14)13(18-4)22-9/h9-13H,5H2,1-4H3/t9-,10-,11-,12-,13+/m1/s1. The summed E-state index contributed by atoms with van der Waals surface area (Å²) < 4.78 is 25.8. The Kier molecular flexibility index (Phi) is 7.05. The van der Waals surface area contributed by atoms with Gasteiger partial charge in [-0.2, -0.15) is 0 Å². The molecule has 0 unspecified atom stereocenters. The first kappa shape index (κ1) is 18.7. The highest BCUT2D eigenvalue weighted by Gasteiger charge is 2.49. The van der Waals surface area contributed by atoms with Gasteiger partial charge in [-0.05, 0) is 0 Å². The van der Waals surface area contributed by atoms with E-state index in [9.17, 15) is 14.4 Å². The first-order valence-corrected chi connectivity index (χ1v) is 7.00. The molecule has 5 atom stereocenters. The number of hydrogen-bond donors (Lipinski definition) is 0. The number of ether oxygens (including phenoxy) is 5. The van der Waals surface area contributed by atoms with Gasteiger partial charge in [0.25, 0.3) is 0 Å². The molecular weight excluding hydrogens is 320 g/mol. The number of carbonyl (C=O) groups excluding carboxylic acids is 3. The van der Waals surface area contributed by atoms with Crippen molar-refractivity contribution in [3.63, 3.8) is 0 Å². The summed E-state index contributed by atoms with van der Waals surface area (Å²) in [6.45, 7) is 3.42. The maximum absolute atomic E-state index is 11.3. The highest BCUT2D eigenvalue weighted by molar-refractivity contribution is 6.21. The zero-order chi connectivity index (χ0) is 16.9. The van der Waals surface area contributed by atoms with Crippen molar-refractivity contribution in [3.8, 4) is 0 Å². The Morgan fingerprint density at radius 3 is 2.00 bits per heavy atom. The minimum Gasteiger partial charge on any atom is -0.463 e. The van der Waals surface area contributed by atoms with Crippen LogP contribution in [0.1, 0.15) is 20.8 Å². The molecule has 0 aliphatic carbocycles. The zero-order valence-corrected chi connectivity index (χ0v) is 13.5. The van der Waals surface area contributed by atoms with Crippen LogP contribution in [0.4, 0.5) is 0 Å². The fraction of sp³-hybridized carbons (Fsp3) is 0.769. The summed E-state index contributed by atoms with van der Waals surface area (Å²) in [7, 11) is 1.36. The Morgan fingerprint density at radius 2 is 1.55 bits per heavy atom. The topological polar surface area (TPSA) is 97.4 Å². The lowest BCUT2D eigenvalue weighted by molar-refractivity contribution is -0.257. The molecule has 0 amide bonds. The van der Waals surface area contributed by atoms with Crippen LogP contribution in [-0.2, 0) is 38.1 Å². The molecule has 1 fully saturated rings. The summed E-state index contributed by atoms with van der Waals surface area (Å²) in [4.78, 5) is 33.5. The molecule has 1 heterocycles. The fourth-order valence-corrected chi connectivity index (χ4v) is 2.41. The maximum Gasteiger partial charge on any atom is 0.303 e. The third-order valence-corrected chi connectivity index (χ3v) is 3.31. The van der Waals surface area contributed by atoms with E-state index in [1.54, 1.807) is 0 Å². The highest BCUT2D eigenvalue weighted by Crippen LogP contribution is 2.30. The van der Waals surface area contributed by atoms with E-state index in [1.807, 2.05) is 0 Å². The lowest BCUT2D eigenvalue weighted by Crippen LogP contribution is -2.60. The van der Waals surface area contributed by atoms with E-state index >= 15 is 0 Å². The Balaban J connectivity index is 3.00. The normalized spacial score (nSPS) is 31.2. The molecule has 126 valence electrons. The van der Waals surface area contributed by atoms with Gasteiger partial charge in [0.1, 0.15) is 18.1 Å². The molecule has 0 aromatic rings. The summed E-state index contributed by atoms with van der Waals surface area (Å²) in [5, 5.41) is -0.896. The number of rotatable bonds is 5.